The van der Waals surface area contributed by atoms with Gasteiger partial charge in [-0.3, -0.25) is 0 Å². The first-order valence-electron chi connectivity index (χ1n) is 5.84. The summed E-state index contributed by atoms with van der Waals surface area (Å²) in [6, 6.07) is 8.38. The molecule has 0 amide bonds. The van der Waals surface area contributed by atoms with Gasteiger partial charge in [0, 0.05) is 18.5 Å². The number of rotatable bonds is 3. The van der Waals surface area contributed by atoms with Crippen molar-refractivity contribution in [3.63, 3.8) is 0 Å². The lowest BCUT2D eigenvalue weighted by molar-refractivity contribution is -0.274. The first kappa shape index (κ1) is 13.2. The molecule has 0 bridgehead atoms. The van der Waals surface area contributed by atoms with E-state index >= 15 is 0 Å². The molecule has 0 unspecified atom stereocenters. The fourth-order valence-corrected chi connectivity index (χ4v) is 1.68. The molecule has 0 atom stereocenters. The number of imidazole rings is 1. The van der Waals surface area contributed by atoms with Crippen LogP contribution in [0.5, 0.6) is 17.4 Å². The smallest absolute Gasteiger partial charge is 0.438 e. The van der Waals surface area contributed by atoms with Gasteiger partial charge in [-0.2, -0.15) is 0 Å². The lowest BCUT2D eigenvalue weighted by Crippen LogP contribution is -2.16. The van der Waals surface area contributed by atoms with Gasteiger partial charge in [0.05, 0.1) is 0 Å². The van der Waals surface area contributed by atoms with Crippen LogP contribution in [-0.2, 0) is 0 Å². The van der Waals surface area contributed by atoms with Crippen LogP contribution in [0.15, 0.2) is 48.8 Å². The molecule has 0 aliphatic rings. The highest BCUT2D eigenvalue weighted by Crippen LogP contribution is 2.26. The number of fused-ring (bicyclic) bond motifs is 1. The average molecular weight is 295 g/mol. The molecular formula is C13H8F3N3O2. The van der Waals surface area contributed by atoms with E-state index in [1.54, 1.807) is 24.5 Å². The van der Waals surface area contributed by atoms with Crippen LogP contribution in [-0.4, -0.2) is 21.0 Å². The first-order chi connectivity index (χ1) is 9.99. The van der Waals surface area contributed by atoms with Gasteiger partial charge in [-0.05, 0) is 30.3 Å². The standard InChI is InChI=1S/C13H8F3N3O2/c14-13(15,16)21-10-3-1-9(2-4-10)20-12-6-5-11-17-7-8-19(11)18-12/h1-8H. The number of halogens is 3. The molecule has 0 radical (unpaired) electrons. The number of hydrogen-bond donors (Lipinski definition) is 0. The number of alkyl halides is 3. The molecule has 2 heterocycles. The number of hydrogen-bond acceptors (Lipinski definition) is 4. The maximum Gasteiger partial charge on any atom is 0.573 e. The molecule has 21 heavy (non-hydrogen) atoms. The minimum atomic E-state index is -4.71. The Hall–Kier alpha value is -2.77. The molecule has 5 nitrogen and oxygen atoms in total. The van der Waals surface area contributed by atoms with Gasteiger partial charge < -0.3 is 9.47 Å². The van der Waals surface area contributed by atoms with E-state index in [-0.39, 0.29) is 5.75 Å². The molecule has 2 aromatic heterocycles. The molecule has 1 aromatic carbocycles. The molecule has 0 aliphatic heterocycles. The third kappa shape index (κ3) is 3.22. The van der Waals surface area contributed by atoms with Crippen LogP contribution in [0.4, 0.5) is 13.2 Å². The summed E-state index contributed by atoms with van der Waals surface area (Å²) in [4.78, 5) is 4.03. The minimum Gasteiger partial charge on any atom is -0.438 e. The van der Waals surface area contributed by atoms with Gasteiger partial charge in [-0.1, -0.05) is 0 Å². The van der Waals surface area contributed by atoms with Crippen LogP contribution >= 0.6 is 0 Å². The maximum absolute atomic E-state index is 12.0. The third-order valence-corrected chi connectivity index (χ3v) is 2.51. The van der Waals surface area contributed by atoms with Gasteiger partial charge >= 0.3 is 6.36 Å². The largest absolute Gasteiger partial charge is 0.573 e. The molecule has 0 saturated carbocycles. The fraction of sp³-hybridized carbons (Fsp3) is 0.0769. The van der Waals surface area contributed by atoms with Crippen LogP contribution in [0.3, 0.4) is 0 Å². The Morgan fingerprint density at radius 3 is 2.38 bits per heavy atom. The van der Waals surface area contributed by atoms with Gasteiger partial charge in [0.1, 0.15) is 11.5 Å². The van der Waals surface area contributed by atoms with Crippen molar-refractivity contribution in [1.82, 2.24) is 14.6 Å². The van der Waals surface area contributed by atoms with Crippen molar-refractivity contribution in [1.29, 1.82) is 0 Å². The highest BCUT2D eigenvalue weighted by atomic mass is 19.4. The van der Waals surface area contributed by atoms with Crippen molar-refractivity contribution in [3.05, 3.63) is 48.8 Å². The van der Waals surface area contributed by atoms with Crippen LogP contribution in [0.25, 0.3) is 5.65 Å². The molecule has 0 aliphatic carbocycles. The number of benzene rings is 1. The predicted molar refractivity (Wildman–Crippen MR) is 66.2 cm³/mol. The summed E-state index contributed by atoms with van der Waals surface area (Å²) in [6.45, 7) is 0. The Bertz CT molecular complexity index is 753. The van der Waals surface area contributed by atoms with Gasteiger partial charge in [-0.15, -0.1) is 18.3 Å². The third-order valence-electron chi connectivity index (χ3n) is 2.51. The summed E-state index contributed by atoms with van der Waals surface area (Å²) in [5, 5.41) is 4.13. The normalized spacial score (nSPS) is 11.6. The fourth-order valence-electron chi connectivity index (χ4n) is 1.68. The zero-order valence-corrected chi connectivity index (χ0v) is 10.4. The zero-order valence-electron chi connectivity index (χ0n) is 10.4. The summed E-state index contributed by atoms with van der Waals surface area (Å²) in [6.07, 6.45) is -1.46. The van der Waals surface area contributed by atoms with Gasteiger partial charge in [0.15, 0.2) is 5.65 Å². The minimum absolute atomic E-state index is 0.296. The summed E-state index contributed by atoms with van der Waals surface area (Å²) in [7, 11) is 0. The van der Waals surface area contributed by atoms with E-state index in [4.69, 9.17) is 4.74 Å². The van der Waals surface area contributed by atoms with Crippen molar-refractivity contribution >= 4 is 5.65 Å². The van der Waals surface area contributed by atoms with Crippen LogP contribution in [0.2, 0.25) is 0 Å². The lowest BCUT2D eigenvalue weighted by atomic mass is 10.3. The number of ether oxygens (including phenoxy) is 2. The van der Waals surface area contributed by atoms with E-state index in [9.17, 15) is 13.2 Å². The number of aromatic nitrogens is 3. The van der Waals surface area contributed by atoms with Crippen molar-refractivity contribution in [2.24, 2.45) is 0 Å². The molecule has 3 rings (SSSR count). The Labute approximate surface area is 116 Å². The highest BCUT2D eigenvalue weighted by molar-refractivity contribution is 5.39. The molecule has 8 heteroatoms. The molecule has 0 N–H and O–H groups in total. The van der Waals surface area contributed by atoms with E-state index < -0.39 is 6.36 Å². The van der Waals surface area contributed by atoms with Crippen molar-refractivity contribution in [2.45, 2.75) is 6.36 Å². The summed E-state index contributed by atoms with van der Waals surface area (Å²) >= 11 is 0. The molecular weight excluding hydrogens is 287 g/mol. The van der Waals surface area contributed by atoms with E-state index in [2.05, 4.69) is 14.8 Å². The van der Waals surface area contributed by atoms with Gasteiger partial charge in [0.2, 0.25) is 5.88 Å². The molecule has 0 saturated heterocycles. The Balaban J connectivity index is 1.75. The van der Waals surface area contributed by atoms with Crippen LogP contribution < -0.4 is 9.47 Å². The molecule has 3 aromatic rings. The summed E-state index contributed by atoms with van der Waals surface area (Å²) < 4.78 is 46.8. The highest BCUT2D eigenvalue weighted by Gasteiger charge is 2.30. The summed E-state index contributed by atoms with van der Waals surface area (Å²) in [5.41, 5.74) is 0.663. The van der Waals surface area contributed by atoms with Crippen molar-refractivity contribution in [3.8, 4) is 17.4 Å². The molecule has 108 valence electrons. The zero-order chi connectivity index (χ0) is 14.9. The lowest BCUT2D eigenvalue weighted by Gasteiger charge is -2.09. The van der Waals surface area contributed by atoms with Gasteiger partial charge in [0.25, 0.3) is 0 Å². The van der Waals surface area contributed by atoms with Crippen molar-refractivity contribution in [2.75, 3.05) is 0 Å². The van der Waals surface area contributed by atoms with Gasteiger partial charge in [-0.25, -0.2) is 9.50 Å². The van der Waals surface area contributed by atoms with Crippen LogP contribution in [0.1, 0.15) is 0 Å². The number of nitrogens with zero attached hydrogens (tertiary/aromatic N) is 3. The van der Waals surface area contributed by atoms with E-state index in [0.29, 0.717) is 17.3 Å². The second kappa shape index (κ2) is 4.97. The summed E-state index contributed by atoms with van der Waals surface area (Å²) in [5.74, 6) is 0.328. The van der Waals surface area contributed by atoms with E-state index in [0.717, 1.165) is 0 Å². The second-order valence-electron chi connectivity index (χ2n) is 4.02. The van der Waals surface area contributed by atoms with E-state index in [1.807, 2.05) is 0 Å². The maximum atomic E-state index is 12.0. The SMILES string of the molecule is FC(F)(F)Oc1ccc(Oc2ccc3nccn3n2)cc1. The molecule has 0 fully saturated rings. The second-order valence-corrected chi connectivity index (χ2v) is 4.02. The monoisotopic (exact) mass is 295 g/mol. The van der Waals surface area contributed by atoms with E-state index in [1.165, 1.54) is 28.8 Å². The Morgan fingerprint density at radius 1 is 0.952 bits per heavy atom. The average Bonchev–Trinajstić information content (AvgIpc) is 2.87. The molecule has 0 spiro atoms. The van der Waals surface area contributed by atoms with Crippen LogP contribution in [0, 0.1) is 0 Å². The first-order valence-corrected chi connectivity index (χ1v) is 5.84. The predicted octanol–water partition coefficient (Wildman–Crippen LogP) is 3.42. The van der Waals surface area contributed by atoms with Crippen molar-refractivity contribution < 1.29 is 22.6 Å². The topological polar surface area (TPSA) is 48.7 Å². The Morgan fingerprint density at radius 2 is 1.67 bits per heavy atom. The Kier molecular flexibility index (Phi) is 3.13. The quantitative estimate of drug-likeness (QED) is 0.743.